The third-order valence-corrected chi connectivity index (χ3v) is 15.7. The van der Waals surface area contributed by atoms with Gasteiger partial charge in [-0.05, 0) is 88.7 Å². The molecule has 3 N–H and O–H groups in total. The highest BCUT2D eigenvalue weighted by atomic mass is 28.4. The number of amides is 1. The first kappa shape index (κ1) is 50.4. The Balaban J connectivity index is 2.19. The number of aliphatic hydroxyl groups is 2. The highest BCUT2D eigenvalue weighted by Crippen LogP contribution is 2.38. The second kappa shape index (κ2) is 25.7. The molecule has 1 aromatic carbocycles. The first-order valence-corrected chi connectivity index (χ1v) is 24.5. The van der Waals surface area contributed by atoms with Crippen molar-refractivity contribution in [3.63, 3.8) is 0 Å². The van der Waals surface area contributed by atoms with Gasteiger partial charge < -0.3 is 38.9 Å². The first-order chi connectivity index (χ1) is 27.0. The third kappa shape index (κ3) is 18.0. The fourth-order valence-corrected chi connectivity index (χ4v) is 7.69. The molecule has 1 aliphatic rings. The zero-order valence-electron chi connectivity index (χ0n) is 36.9. The molecule has 0 bridgehead atoms. The van der Waals surface area contributed by atoms with Crippen LogP contribution in [0.25, 0.3) is 0 Å². The predicted molar refractivity (Wildman–Crippen MR) is 230 cm³/mol. The SMILES string of the molecule is CC#CCOc1ccc(C[C@@H](CO)NC(=O)[C@@H](C=CCCCCCCC2(CCCCCCC)OCCO2)[C@@](O)(CCO[Si](C)(C)C(C)(C)C)C(=O)OC(C)C)cc1. The van der Waals surface area contributed by atoms with Crippen molar-refractivity contribution in [3.05, 3.63) is 42.0 Å². The number of hydrogen-bond acceptors (Lipinski definition) is 9. The average Bonchev–Trinajstić information content (AvgIpc) is 3.62. The highest BCUT2D eigenvalue weighted by Gasteiger charge is 2.49. The van der Waals surface area contributed by atoms with Gasteiger partial charge in [0.25, 0.3) is 0 Å². The topological polar surface area (TPSA) is 133 Å². The van der Waals surface area contributed by atoms with Crippen molar-refractivity contribution in [3.8, 4) is 17.6 Å². The van der Waals surface area contributed by atoms with Gasteiger partial charge in [0.05, 0.1) is 37.9 Å². The molecule has 1 aliphatic heterocycles. The van der Waals surface area contributed by atoms with Crippen LogP contribution in [-0.2, 0) is 34.6 Å². The summed E-state index contributed by atoms with van der Waals surface area (Å²) in [6, 6.07) is 6.71. The average molecular weight is 816 g/mol. The molecule has 0 aliphatic carbocycles. The Labute approximate surface area is 346 Å². The number of hydrogen-bond donors (Lipinski definition) is 3. The molecule has 324 valence electrons. The lowest BCUT2D eigenvalue weighted by Gasteiger charge is -2.38. The van der Waals surface area contributed by atoms with E-state index in [-0.39, 0.29) is 31.3 Å². The van der Waals surface area contributed by atoms with Crippen molar-refractivity contribution in [2.24, 2.45) is 5.92 Å². The lowest BCUT2D eigenvalue weighted by Crippen LogP contribution is -2.55. The highest BCUT2D eigenvalue weighted by molar-refractivity contribution is 6.74. The number of carbonyl (C=O) groups is 2. The maximum absolute atomic E-state index is 14.2. The minimum Gasteiger partial charge on any atom is -0.481 e. The molecular weight excluding hydrogens is 739 g/mol. The molecule has 1 amide bonds. The number of carbonyl (C=O) groups excluding carboxylic acids is 2. The fourth-order valence-electron chi connectivity index (χ4n) is 6.64. The molecular formula is C46H77NO9Si. The maximum Gasteiger partial charge on any atom is 0.339 e. The number of nitrogens with one attached hydrogen (secondary N) is 1. The van der Waals surface area contributed by atoms with Gasteiger partial charge in [-0.15, -0.1) is 5.92 Å². The van der Waals surface area contributed by atoms with E-state index in [2.05, 4.69) is 57.9 Å². The van der Waals surface area contributed by atoms with Gasteiger partial charge in [0.2, 0.25) is 5.91 Å². The number of rotatable bonds is 28. The Morgan fingerprint density at radius 3 is 2.16 bits per heavy atom. The second-order valence-corrected chi connectivity index (χ2v) is 22.1. The summed E-state index contributed by atoms with van der Waals surface area (Å²) in [5.41, 5.74) is -1.34. The molecule has 3 atom stereocenters. The van der Waals surface area contributed by atoms with Gasteiger partial charge in [-0.25, -0.2) is 4.79 Å². The van der Waals surface area contributed by atoms with Crippen molar-refractivity contribution in [1.29, 1.82) is 0 Å². The predicted octanol–water partition coefficient (Wildman–Crippen LogP) is 8.82. The van der Waals surface area contributed by atoms with E-state index in [4.69, 9.17) is 23.4 Å². The van der Waals surface area contributed by atoms with Crippen LogP contribution in [0.1, 0.15) is 138 Å². The Bertz CT molecular complexity index is 1390. The molecule has 11 heteroatoms. The summed E-state index contributed by atoms with van der Waals surface area (Å²) in [7, 11) is -2.24. The van der Waals surface area contributed by atoms with Gasteiger partial charge in [-0.3, -0.25) is 4.79 Å². The fraction of sp³-hybridized carbons (Fsp3) is 0.739. The summed E-state index contributed by atoms with van der Waals surface area (Å²) in [6.45, 7) is 19.3. The molecule has 57 heavy (non-hydrogen) atoms. The van der Waals surface area contributed by atoms with Crippen LogP contribution in [-0.4, -0.2) is 87.0 Å². The minimum atomic E-state index is -2.24. The van der Waals surface area contributed by atoms with Crippen LogP contribution in [0, 0.1) is 17.8 Å². The molecule has 1 saturated heterocycles. The molecule has 1 fully saturated rings. The van der Waals surface area contributed by atoms with Crippen LogP contribution in [0.5, 0.6) is 5.75 Å². The number of unbranched alkanes of at least 4 members (excludes halogenated alkanes) is 8. The summed E-state index contributed by atoms with van der Waals surface area (Å²) < 4.78 is 29.8. The Morgan fingerprint density at radius 1 is 0.982 bits per heavy atom. The van der Waals surface area contributed by atoms with Crippen molar-refractivity contribution < 1.29 is 43.2 Å². The van der Waals surface area contributed by atoms with Crippen molar-refractivity contribution in [2.75, 3.05) is 33.0 Å². The number of benzene rings is 1. The van der Waals surface area contributed by atoms with E-state index in [1.54, 1.807) is 26.8 Å². The van der Waals surface area contributed by atoms with Crippen molar-refractivity contribution in [1.82, 2.24) is 5.32 Å². The second-order valence-electron chi connectivity index (χ2n) is 17.3. The summed E-state index contributed by atoms with van der Waals surface area (Å²) >= 11 is 0. The molecule has 0 unspecified atom stereocenters. The smallest absolute Gasteiger partial charge is 0.339 e. The summed E-state index contributed by atoms with van der Waals surface area (Å²) in [5.74, 6) is 3.15. The molecule has 2 rings (SSSR count). The third-order valence-electron chi connectivity index (χ3n) is 11.2. The van der Waals surface area contributed by atoms with E-state index in [9.17, 15) is 19.8 Å². The molecule has 0 saturated carbocycles. The van der Waals surface area contributed by atoms with Crippen LogP contribution in [0.4, 0.5) is 0 Å². The molecule has 0 spiro atoms. The quantitative estimate of drug-likeness (QED) is 0.0250. The van der Waals surface area contributed by atoms with E-state index in [1.165, 1.54) is 25.7 Å². The first-order valence-electron chi connectivity index (χ1n) is 21.6. The monoisotopic (exact) mass is 816 g/mol. The van der Waals surface area contributed by atoms with Crippen LogP contribution in [0.15, 0.2) is 36.4 Å². The molecule has 0 aromatic heterocycles. The van der Waals surface area contributed by atoms with Crippen LogP contribution < -0.4 is 10.1 Å². The van der Waals surface area contributed by atoms with E-state index < -0.39 is 49.6 Å². The van der Waals surface area contributed by atoms with E-state index >= 15 is 0 Å². The summed E-state index contributed by atoms with van der Waals surface area (Å²) in [5, 5.41) is 25.5. The van der Waals surface area contributed by atoms with Gasteiger partial charge in [0.15, 0.2) is 19.7 Å². The number of ether oxygens (including phenoxy) is 4. The van der Waals surface area contributed by atoms with Crippen LogP contribution in [0.3, 0.4) is 0 Å². The van der Waals surface area contributed by atoms with Crippen molar-refractivity contribution >= 4 is 20.2 Å². The van der Waals surface area contributed by atoms with Crippen molar-refractivity contribution in [2.45, 2.75) is 180 Å². The van der Waals surface area contributed by atoms with Crippen LogP contribution >= 0.6 is 0 Å². The number of esters is 1. The Kier molecular flexibility index (Phi) is 22.7. The molecule has 1 aromatic rings. The normalized spacial score (nSPS) is 16.5. The zero-order chi connectivity index (χ0) is 42.4. The van der Waals surface area contributed by atoms with Crippen LogP contribution in [0.2, 0.25) is 18.1 Å². The van der Waals surface area contributed by atoms with Gasteiger partial charge in [-0.2, -0.15) is 0 Å². The maximum atomic E-state index is 14.2. The zero-order valence-corrected chi connectivity index (χ0v) is 37.9. The largest absolute Gasteiger partial charge is 0.481 e. The van der Waals surface area contributed by atoms with Gasteiger partial charge >= 0.3 is 5.97 Å². The molecule has 10 nitrogen and oxygen atoms in total. The number of allylic oxidation sites excluding steroid dienone is 1. The molecule has 0 radical (unpaired) electrons. The lowest BCUT2D eigenvalue weighted by atomic mass is 9.82. The lowest BCUT2D eigenvalue weighted by molar-refractivity contribution is -0.178. The van der Waals surface area contributed by atoms with Gasteiger partial charge in [-0.1, -0.05) is 96.4 Å². The minimum absolute atomic E-state index is 0.0765. The van der Waals surface area contributed by atoms with E-state index in [0.717, 1.165) is 50.5 Å². The summed E-state index contributed by atoms with van der Waals surface area (Å²) in [4.78, 5) is 28.0. The van der Waals surface area contributed by atoms with Gasteiger partial charge in [0.1, 0.15) is 12.4 Å². The standard InChI is InChI=1S/C46H77NO9Si/c1-10-12-14-18-21-28-45(53-33-34-54-45)29-22-19-16-15-17-20-23-41(46(51,43(50)56-37(3)4)30-32-55-57(8,9)44(5,6)7)42(49)47-39(36-48)35-38-24-26-40(27-25-38)52-31-13-11-2/h20,23-27,37,39,41,48,51H,10,12,14-19,21-22,28-36H2,1-9H3,(H,47,49)/t39-,41+,46-/m0/s1. The number of aliphatic hydroxyl groups excluding tert-OH is 1. The van der Waals surface area contributed by atoms with Gasteiger partial charge in [0, 0.05) is 25.9 Å². The molecule has 1 heterocycles. The Morgan fingerprint density at radius 2 is 1.60 bits per heavy atom. The van der Waals surface area contributed by atoms with E-state index in [1.807, 2.05) is 30.3 Å². The van der Waals surface area contributed by atoms with E-state index in [0.29, 0.717) is 31.8 Å². The Hall–Kier alpha value is -2.72. The summed E-state index contributed by atoms with van der Waals surface area (Å²) in [6.07, 6.45) is 15.7.